The molecule has 2 aliphatic rings. The van der Waals surface area contributed by atoms with Gasteiger partial charge in [0.25, 0.3) is 11.8 Å². The zero-order valence-corrected chi connectivity index (χ0v) is 30.9. The third-order valence-electron chi connectivity index (χ3n) is 10.1. The number of thiophene rings is 1. The van der Waals surface area contributed by atoms with Gasteiger partial charge >= 0.3 is 18.3 Å². The fourth-order valence-corrected chi connectivity index (χ4v) is 7.74. The number of rotatable bonds is 14. The number of carboxylic acid groups (broad SMARTS) is 1. The number of aldehydes is 1. The molecule has 0 bridgehead atoms. The van der Waals surface area contributed by atoms with Gasteiger partial charge in [0.05, 0.1) is 23.8 Å². The highest BCUT2D eigenvalue weighted by molar-refractivity contribution is 7.10. The lowest BCUT2D eigenvalue weighted by Gasteiger charge is -2.51. The van der Waals surface area contributed by atoms with Crippen molar-refractivity contribution < 1.29 is 60.1 Å². The standard InChI is InChI=1S/C37H43F6N3O7S/c1-4-8-29-35(53-25-21-30(54-23-25)37(41,42)43,12-7-16-46(29)32(50)26-22-44-15-11-27(26)36(38,39)40)33(51)45-17-13-34(3,14-18-45)24(2)28(9-5-19-47)52-20-6-10-31(48)49/h5,9,11,15,19,21-23,29H,4,6-8,10,12-14,16-18,20H2,1-3H3,(H,48,49)/b9-5-,28-24-/t29-,35+/m1/s1. The number of pyridine rings is 1. The summed E-state index contributed by atoms with van der Waals surface area (Å²) in [5, 5.41) is 10.1. The van der Waals surface area contributed by atoms with Crippen molar-refractivity contribution in [3.05, 3.63) is 69.4 Å². The van der Waals surface area contributed by atoms with Crippen molar-refractivity contribution in [3.63, 3.8) is 0 Å². The fraction of sp³-hybridized carbons (Fsp3) is 0.541. The molecule has 17 heteroatoms. The molecular weight excluding hydrogens is 744 g/mol. The van der Waals surface area contributed by atoms with Crippen LogP contribution in [0.15, 0.2) is 53.4 Å². The number of carboxylic acids is 1. The average molecular weight is 788 g/mol. The normalized spacial score (nSPS) is 21.1. The summed E-state index contributed by atoms with van der Waals surface area (Å²) in [5.41, 5.74) is -3.69. The van der Waals surface area contributed by atoms with Crippen molar-refractivity contribution in [1.29, 1.82) is 0 Å². The molecule has 0 aliphatic carbocycles. The third kappa shape index (κ3) is 9.63. The van der Waals surface area contributed by atoms with E-state index in [-0.39, 0.29) is 64.1 Å². The van der Waals surface area contributed by atoms with Gasteiger partial charge in [0.2, 0.25) is 5.60 Å². The molecule has 4 rings (SSSR count). The first-order valence-electron chi connectivity index (χ1n) is 17.5. The lowest BCUT2D eigenvalue weighted by atomic mass is 9.73. The lowest BCUT2D eigenvalue weighted by Crippen LogP contribution is -2.68. The van der Waals surface area contributed by atoms with E-state index in [2.05, 4.69) is 4.98 Å². The Morgan fingerprint density at radius 2 is 1.80 bits per heavy atom. The summed E-state index contributed by atoms with van der Waals surface area (Å²) in [7, 11) is 0. The van der Waals surface area contributed by atoms with Crippen LogP contribution in [0, 0.1) is 5.41 Å². The topological polar surface area (TPSA) is 126 Å². The number of allylic oxidation sites excluding steroid dienone is 3. The molecule has 0 spiro atoms. The summed E-state index contributed by atoms with van der Waals surface area (Å²) in [6, 6.07) is 0.312. The molecule has 54 heavy (non-hydrogen) atoms. The number of alkyl halides is 6. The van der Waals surface area contributed by atoms with Gasteiger partial charge in [-0.3, -0.25) is 24.2 Å². The molecule has 0 unspecified atom stereocenters. The SMILES string of the molecule is CCC[C@H]1N(C(=O)c2cnccc2C(F)(F)F)CCC[C@@]1(Oc1csc(C(F)(F)F)c1)C(=O)N1CCC(C)(/C(C)=C(/C=C\C=O)OCCCC(=O)O)CC1. The van der Waals surface area contributed by atoms with Crippen molar-refractivity contribution in [2.24, 2.45) is 5.41 Å². The summed E-state index contributed by atoms with van der Waals surface area (Å²) in [4.78, 5) is 56.5. The van der Waals surface area contributed by atoms with Gasteiger partial charge in [-0.25, -0.2) is 0 Å². The predicted octanol–water partition coefficient (Wildman–Crippen LogP) is 7.94. The molecule has 0 radical (unpaired) electrons. The largest absolute Gasteiger partial charge is 0.494 e. The van der Waals surface area contributed by atoms with E-state index in [4.69, 9.17) is 14.6 Å². The molecule has 1 N–H and O–H groups in total. The van der Waals surface area contributed by atoms with Crippen molar-refractivity contribution in [2.75, 3.05) is 26.2 Å². The first kappa shape index (κ1) is 42.3. The number of aromatic nitrogens is 1. The van der Waals surface area contributed by atoms with Crippen LogP contribution in [0.4, 0.5) is 26.3 Å². The summed E-state index contributed by atoms with van der Waals surface area (Å²) in [5.74, 6) is -2.48. The lowest BCUT2D eigenvalue weighted by molar-refractivity contribution is -0.161. The van der Waals surface area contributed by atoms with Crippen LogP contribution < -0.4 is 4.74 Å². The van der Waals surface area contributed by atoms with Gasteiger partial charge in [-0.1, -0.05) is 20.3 Å². The third-order valence-corrected chi connectivity index (χ3v) is 11.1. The van der Waals surface area contributed by atoms with Gasteiger partial charge in [-0.05, 0) is 68.2 Å². The Morgan fingerprint density at radius 1 is 1.09 bits per heavy atom. The number of likely N-dealkylation sites (tertiary alicyclic amines) is 2. The Kier molecular flexibility index (Phi) is 13.6. The second-order valence-electron chi connectivity index (χ2n) is 13.6. The zero-order valence-electron chi connectivity index (χ0n) is 30.1. The number of halogens is 6. The summed E-state index contributed by atoms with van der Waals surface area (Å²) < 4.78 is 95.3. The number of piperidine rings is 2. The number of carbonyl (C=O) groups excluding carboxylic acids is 3. The Balaban J connectivity index is 1.72. The molecule has 2 saturated heterocycles. The van der Waals surface area contributed by atoms with E-state index in [1.165, 1.54) is 22.0 Å². The van der Waals surface area contributed by atoms with Crippen molar-refractivity contribution in [3.8, 4) is 5.75 Å². The average Bonchev–Trinajstić information content (AvgIpc) is 3.60. The smallest absolute Gasteiger partial charge is 0.425 e. The van der Waals surface area contributed by atoms with E-state index in [1.54, 1.807) is 6.92 Å². The van der Waals surface area contributed by atoms with E-state index in [0.29, 0.717) is 48.7 Å². The van der Waals surface area contributed by atoms with Crippen molar-refractivity contribution in [2.45, 2.75) is 96.1 Å². The highest BCUT2D eigenvalue weighted by atomic mass is 32.1. The van der Waals surface area contributed by atoms with Gasteiger partial charge < -0.3 is 24.4 Å². The molecule has 2 aromatic rings. The number of aliphatic carboxylic acids is 1. The van der Waals surface area contributed by atoms with Crippen LogP contribution >= 0.6 is 11.3 Å². The highest BCUT2D eigenvalue weighted by Gasteiger charge is 2.56. The number of nitrogens with zero attached hydrogens (tertiary/aromatic N) is 3. The molecule has 2 aromatic heterocycles. The molecule has 2 atom stereocenters. The van der Waals surface area contributed by atoms with Gasteiger partial charge in [0.15, 0.2) is 0 Å². The molecule has 296 valence electrons. The number of amides is 2. The minimum absolute atomic E-state index is 0.0197. The second-order valence-corrected chi connectivity index (χ2v) is 14.6. The molecule has 2 amide bonds. The van der Waals surface area contributed by atoms with Crippen LogP contribution in [-0.4, -0.2) is 81.8 Å². The Hall–Kier alpha value is -4.41. The summed E-state index contributed by atoms with van der Waals surface area (Å²) in [6.45, 7) is 5.86. The van der Waals surface area contributed by atoms with Gasteiger partial charge in [-0.2, -0.15) is 26.3 Å². The minimum Gasteiger partial charge on any atom is -0.494 e. The number of hydrogen-bond acceptors (Lipinski definition) is 8. The van der Waals surface area contributed by atoms with Crippen LogP contribution in [-0.2, 0) is 31.5 Å². The fourth-order valence-electron chi connectivity index (χ4n) is 7.06. The summed E-state index contributed by atoms with van der Waals surface area (Å²) in [6.07, 6.45) is -3.14. The number of carbonyl (C=O) groups is 4. The molecule has 0 saturated carbocycles. The monoisotopic (exact) mass is 787 g/mol. The van der Waals surface area contributed by atoms with Crippen LogP contribution in [0.2, 0.25) is 0 Å². The van der Waals surface area contributed by atoms with E-state index in [1.807, 2.05) is 13.8 Å². The quantitative estimate of drug-likeness (QED) is 0.0511. The number of ether oxygens (including phenoxy) is 2. The maximum atomic E-state index is 14.9. The maximum Gasteiger partial charge on any atom is 0.425 e. The first-order chi connectivity index (χ1) is 25.4. The second kappa shape index (κ2) is 17.4. The van der Waals surface area contributed by atoms with E-state index in [0.717, 1.165) is 29.4 Å². The van der Waals surface area contributed by atoms with Crippen LogP contribution in [0.5, 0.6) is 5.75 Å². The van der Waals surface area contributed by atoms with E-state index in [9.17, 15) is 45.5 Å². The van der Waals surface area contributed by atoms with Gasteiger partial charge in [0.1, 0.15) is 22.7 Å². The Labute approximate surface area is 312 Å². The van der Waals surface area contributed by atoms with Crippen molar-refractivity contribution in [1.82, 2.24) is 14.8 Å². The van der Waals surface area contributed by atoms with Crippen LogP contribution in [0.1, 0.15) is 92.9 Å². The minimum atomic E-state index is -4.89. The highest BCUT2D eigenvalue weighted by Crippen LogP contribution is 2.45. The van der Waals surface area contributed by atoms with Crippen molar-refractivity contribution >= 4 is 35.4 Å². The molecule has 4 heterocycles. The predicted molar refractivity (Wildman–Crippen MR) is 186 cm³/mol. The maximum absolute atomic E-state index is 14.9. The van der Waals surface area contributed by atoms with E-state index >= 15 is 0 Å². The Morgan fingerprint density at radius 3 is 2.39 bits per heavy atom. The molecule has 2 fully saturated rings. The zero-order chi connectivity index (χ0) is 39.9. The van der Waals surface area contributed by atoms with Gasteiger partial charge in [0, 0.05) is 56.3 Å². The molecule has 0 aromatic carbocycles. The molecule has 10 nitrogen and oxygen atoms in total. The summed E-state index contributed by atoms with van der Waals surface area (Å²) >= 11 is 0.372. The number of hydrogen-bond donors (Lipinski definition) is 1. The van der Waals surface area contributed by atoms with Crippen LogP contribution in [0.3, 0.4) is 0 Å². The van der Waals surface area contributed by atoms with Gasteiger partial charge in [-0.15, -0.1) is 11.3 Å². The first-order valence-corrected chi connectivity index (χ1v) is 18.4. The molecular formula is C37H43F6N3O7S. The van der Waals surface area contributed by atoms with E-state index < -0.39 is 63.2 Å². The van der Waals surface area contributed by atoms with Crippen LogP contribution in [0.25, 0.3) is 0 Å². The molecule has 2 aliphatic heterocycles. The Bertz CT molecular complexity index is 1730.